The summed E-state index contributed by atoms with van der Waals surface area (Å²) in [7, 11) is 0. The number of aliphatic carboxylic acids is 1. The maximum atomic E-state index is 12.0. The van der Waals surface area contributed by atoms with Crippen LogP contribution in [-0.2, 0) is 14.4 Å². The van der Waals surface area contributed by atoms with Crippen LogP contribution in [0.25, 0.3) is 0 Å². The third-order valence-electron chi connectivity index (χ3n) is 2.07. The number of carboxylic acid groups (broad SMARTS) is 1. The SMILES string of the molecule is CC(=O)C(C(=O)Nc1nccs1)=C1SC(C(=O)O)S1. The van der Waals surface area contributed by atoms with Gasteiger partial charge in [0.2, 0.25) is 0 Å². The van der Waals surface area contributed by atoms with Gasteiger partial charge in [-0.05, 0) is 6.92 Å². The van der Waals surface area contributed by atoms with E-state index in [4.69, 9.17) is 5.11 Å². The lowest BCUT2D eigenvalue weighted by molar-refractivity contribution is -0.134. The van der Waals surface area contributed by atoms with E-state index in [1.54, 1.807) is 5.38 Å². The molecule has 19 heavy (non-hydrogen) atoms. The van der Waals surface area contributed by atoms with Crippen LogP contribution in [0.15, 0.2) is 21.4 Å². The van der Waals surface area contributed by atoms with Gasteiger partial charge in [0, 0.05) is 11.6 Å². The van der Waals surface area contributed by atoms with E-state index in [1.807, 2.05) is 0 Å². The lowest BCUT2D eigenvalue weighted by atomic mass is 10.2. The third kappa shape index (κ3) is 3.17. The van der Waals surface area contributed by atoms with E-state index in [1.165, 1.54) is 24.5 Å². The molecule has 1 aromatic rings. The van der Waals surface area contributed by atoms with Crippen molar-refractivity contribution in [3.63, 3.8) is 0 Å². The number of ketones is 1. The Morgan fingerprint density at radius 1 is 1.37 bits per heavy atom. The molecule has 0 radical (unpaired) electrons. The second kappa shape index (κ2) is 5.76. The number of carbonyl (C=O) groups excluding carboxylic acids is 2. The molecular formula is C10H8N2O4S3. The first-order valence-corrected chi connectivity index (χ1v) is 7.65. The summed E-state index contributed by atoms with van der Waals surface area (Å²) < 4.78 is -0.217. The zero-order chi connectivity index (χ0) is 14.0. The van der Waals surface area contributed by atoms with Crippen LogP contribution in [0, 0.1) is 0 Å². The van der Waals surface area contributed by atoms with Crippen molar-refractivity contribution in [2.45, 2.75) is 11.5 Å². The highest BCUT2D eigenvalue weighted by molar-refractivity contribution is 8.39. The minimum absolute atomic E-state index is 0.0114. The van der Waals surface area contributed by atoms with Gasteiger partial charge in [0.25, 0.3) is 5.91 Å². The quantitative estimate of drug-likeness (QED) is 0.496. The molecule has 0 saturated carbocycles. The van der Waals surface area contributed by atoms with Crippen molar-refractivity contribution in [1.29, 1.82) is 0 Å². The summed E-state index contributed by atoms with van der Waals surface area (Å²) in [6.07, 6.45) is 1.54. The molecule has 2 N–H and O–H groups in total. The Labute approximate surface area is 120 Å². The summed E-state index contributed by atoms with van der Waals surface area (Å²) in [6.45, 7) is 1.28. The molecule has 0 bridgehead atoms. The normalized spacial score (nSPS) is 17.5. The highest BCUT2D eigenvalue weighted by Crippen LogP contribution is 2.52. The number of Topliss-reactive ketones (excluding diaryl/α,β-unsaturated/α-hetero) is 1. The first kappa shape index (κ1) is 14.1. The number of thioether (sulfide) groups is 2. The summed E-state index contributed by atoms with van der Waals surface area (Å²) in [5.41, 5.74) is -0.0114. The van der Waals surface area contributed by atoms with Crippen molar-refractivity contribution in [3.05, 3.63) is 21.4 Å². The van der Waals surface area contributed by atoms with Gasteiger partial charge in [-0.1, -0.05) is 23.5 Å². The van der Waals surface area contributed by atoms with Crippen molar-refractivity contribution in [1.82, 2.24) is 4.98 Å². The number of rotatable bonds is 4. The minimum Gasteiger partial charge on any atom is -0.480 e. The maximum absolute atomic E-state index is 12.0. The number of hydrogen-bond acceptors (Lipinski definition) is 7. The van der Waals surface area contributed by atoms with E-state index in [0.717, 1.165) is 23.5 Å². The summed E-state index contributed by atoms with van der Waals surface area (Å²) in [5, 5.41) is 13.4. The standard InChI is InChI=1S/C10H8N2O4S3/c1-4(13)5(8-18-9(19-8)7(15)16)6(14)12-10-11-2-3-17-10/h2-3,9H,1H3,(H,15,16)(H,11,12,14). The maximum Gasteiger partial charge on any atom is 0.327 e. The number of nitrogens with zero attached hydrogens (tertiary/aromatic N) is 1. The zero-order valence-corrected chi connectivity index (χ0v) is 12.0. The van der Waals surface area contributed by atoms with Crippen LogP contribution in [0.5, 0.6) is 0 Å². The summed E-state index contributed by atoms with van der Waals surface area (Å²) in [4.78, 5) is 38.1. The smallest absolute Gasteiger partial charge is 0.327 e. The molecule has 6 nitrogen and oxygen atoms in total. The van der Waals surface area contributed by atoms with Crippen LogP contribution < -0.4 is 5.32 Å². The van der Waals surface area contributed by atoms with Crippen LogP contribution in [0.2, 0.25) is 0 Å². The van der Waals surface area contributed by atoms with Crippen molar-refractivity contribution < 1.29 is 19.5 Å². The molecule has 1 aromatic heterocycles. The van der Waals surface area contributed by atoms with Crippen molar-refractivity contribution >= 4 is 57.7 Å². The molecule has 9 heteroatoms. The van der Waals surface area contributed by atoms with Crippen molar-refractivity contribution in [2.24, 2.45) is 0 Å². The van der Waals surface area contributed by atoms with Gasteiger partial charge in [0.05, 0.1) is 4.24 Å². The fraction of sp³-hybridized carbons (Fsp3) is 0.200. The number of nitrogens with one attached hydrogen (secondary N) is 1. The number of amides is 1. The molecule has 0 unspecified atom stereocenters. The van der Waals surface area contributed by atoms with Crippen LogP contribution in [0.1, 0.15) is 6.92 Å². The molecule has 1 saturated heterocycles. The van der Waals surface area contributed by atoms with Crippen molar-refractivity contribution in [3.8, 4) is 0 Å². The number of hydrogen-bond donors (Lipinski definition) is 2. The van der Waals surface area contributed by atoms with Gasteiger partial charge in [-0.3, -0.25) is 19.7 Å². The van der Waals surface area contributed by atoms with E-state index in [2.05, 4.69) is 10.3 Å². The summed E-state index contributed by atoms with van der Waals surface area (Å²) >= 11 is 3.25. The van der Waals surface area contributed by atoms with Gasteiger partial charge in [0.1, 0.15) is 5.57 Å². The van der Waals surface area contributed by atoms with E-state index in [-0.39, 0.29) is 5.57 Å². The zero-order valence-electron chi connectivity index (χ0n) is 9.58. The Morgan fingerprint density at radius 3 is 2.53 bits per heavy atom. The minimum atomic E-state index is -0.970. The predicted molar refractivity (Wildman–Crippen MR) is 75.1 cm³/mol. The number of aromatic nitrogens is 1. The molecule has 100 valence electrons. The highest BCUT2D eigenvalue weighted by Gasteiger charge is 2.37. The fourth-order valence-electron chi connectivity index (χ4n) is 1.26. The lowest BCUT2D eigenvalue weighted by Crippen LogP contribution is -2.25. The lowest BCUT2D eigenvalue weighted by Gasteiger charge is -2.25. The second-order valence-corrected chi connectivity index (χ2v) is 7.10. The fourth-order valence-corrected chi connectivity index (χ4v) is 3.97. The Hall–Kier alpha value is -1.32. The Bertz CT molecular complexity index is 559. The van der Waals surface area contributed by atoms with E-state index in [9.17, 15) is 14.4 Å². The molecule has 0 spiro atoms. The first-order valence-electron chi connectivity index (χ1n) is 5.01. The average molecular weight is 316 g/mol. The Kier molecular flexibility index (Phi) is 4.27. The van der Waals surface area contributed by atoms with Gasteiger partial charge < -0.3 is 5.11 Å². The molecule has 2 heterocycles. The van der Waals surface area contributed by atoms with Gasteiger partial charge in [-0.2, -0.15) is 0 Å². The molecule has 1 aliphatic rings. The number of carboxylic acids is 1. The molecule has 1 amide bonds. The predicted octanol–water partition coefficient (Wildman–Crippen LogP) is 1.77. The number of carbonyl (C=O) groups is 3. The first-order chi connectivity index (χ1) is 8.99. The second-order valence-electron chi connectivity index (χ2n) is 3.42. The Morgan fingerprint density at radius 2 is 2.05 bits per heavy atom. The molecule has 1 fully saturated rings. The molecule has 2 rings (SSSR count). The van der Waals surface area contributed by atoms with E-state index < -0.39 is 22.2 Å². The van der Waals surface area contributed by atoms with Gasteiger partial charge in [-0.15, -0.1) is 11.3 Å². The monoisotopic (exact) mass is 316 g/mol. The van der Waals surface area contributed by atoms with Crippen molar-refractivity contribution in [2.75, 3.05) is 5.32 Å². The van der Waals surface area contributed by atoms with Crippen LogP contribution in [-0.4, -0.2) is 32.3 Å². The molecule has 0 atom stereocenters. The topological polar surface area (TPSA) is 96.4 Å². The number of anilines is 1. The van der Waals surface area contributed by atoms with Crippen LogP contribution in [0.3, 0.4) is 0 Å². The van der Waals surface area contributed by atoms with Crippen LogP contribution in [0.4, 0.5) is 5.13 Å². The van der Waals surface area contributed by atoms with Gasteiger partial charge >= 0.3 is 5.97 Å². The van der Waals surface area contributed by atoms with Crippen LogP contribution >= 0.6 is 34.9 Å². The average Bonchev–Trinajstić information content (AvgIpc) is 2.73. The summed E-state index contributed by atoms with van der Waals surface area (Å²) in [5.74, 6) is -1.92. The van der Waals surface area contributed by atoms with E-state index >= 15 is 0 Å². The number of thiazole rings is 1. The Balaban J connectivity index is 2.13. The van der Waals surface area contributed by atoms with Gasteiger partial charge in [0.15, 0.2) is 15.5 Å². The molecular weight excluding hydrogens is 308 g/mol. The molecule has 0 aromatic carbocycles. The molecule has 0 aliphatic carbocycles. The third-order valence-corrected chi connectivity index (χ3v) is 5.58. The highest BCUT2D eigenvalue weighted by atomic mass is 32.3. The largest absolute Gasteiger partial charge is 0.480 e. The molecule has 1 aliphatic heterocycles. The van der Waals surface area contributed by atoms with Gasteiger partial charge in [-0.25, -0.2) is 4.98 Å². The summed E-state index contributed by atoms with van der Waals surface area (Å²) in [6, 6.07) is 0. The van der Waals surface area contributed by atoms with E-state index in [0.29, 0.717) is 9.37 Å².